The van der Waals surface area contributed by atoms with Crippen LogP contribution in [0.15, 0.2) is 0 Å². The number of hydrogen-bond acceptors (Lipinski definition) is 0. The van der Waals surface area contributed by atoms with Crippen LogP contribution in [0.3, 0.4) is 0 Å². The third-order valence-corrected chi connectivity index (χ3v) is 3.80. The average molecular weight is 124 g/mol. The van der Waals surface area contributed by atoms with Crippen molar-refractivity contribution in [1.82, 2.24) is 0 Å². The molecule has 0 aliphatic heterocycles. The van der Waals surface area contributed by atoms with E-state index in [4.69, 9.17) is 0 Å². The second kappa shape index (κ2) is 1.53. The lowest BCUT2D eigenvalue weighted by Gasteiger charge is -2.35. The zero-order valence-corrected chi connectivity index (χ0v) is 6.48. The Labute approximate surface area is 57.6 Å². The Morgan fingerprint density at radius 3 is 2.44 bits per heavy atom. The van der Waals surface area contributed by atoms with Gasteiger partial charge in [-0.25, -0.2) is 0 Å². The predicted molar refractivity (Wildman–Crippen MR) is 39.2 cm³/mol. The Balaban J connectivity index is 1.98. The van der Waals surface area contributed by atoms with Crippen molar-refractivity contribution in [3.63, 3.8) is 0 Å². The van der Waals surface area contributed by atoms with Crippen molar-refractivity contribution in [2.45, 2.75) is 39.5 Å². The maximum Gasteiger partial charge on any atom is -0.0240 e. The van der Waals surface area contributed by atoms with Crippen LogP contribution in [0.4, 0.5) is 0 Å². The maximum absolute atomic E-state index is 2.43. The van der Waals surface area contributed by atoms with E-state index in [1.54, 1.807) is 12.8 Å². The van der Waals surface area contributed by atoms with Gasteiger partial charge in [-0.05, 0) is 36.5 Å². The van der Waals surface area contributed by atoms with Gasteiger partial charge < -0.3 is 0 Å². The van der Waals surface area contributed by atoms with Gasteiger partial charge in [-0.1, -0.05) is 20.3 Å². The highest BCUT2D eigenvalue weighted by molar-refractivity contribution is 5.09. The van der Waals surface area contributed by atoms with Crippen LogP contribution in [0, 0.1) is 17.3 Å². The van der Waals surface area contributed by atoms with Gasteiger partial charge in [0.15, 0.2) is 0 Å². The van der Waals surface area contributed by atoms with Gasteiger partial charge in [0.25, 0.3) is 0 Å². The van der Waals surface area contributed by atoms with Crippen molar-refractivity contribution in [2.75, 3.05) is 0 Å². The van der Waals surface area contributed by atoms with Gasteiger partial charge in [0.05, 0.1) is 0 Å². The third-order valence-electron chi connectivity index (χ3n) is 3.80. The summed E-state index contributed by atoms with van der Waals surface area (Å²) in [5.41, 5.74) is 0.898. The van der Waals surface area contributed by atoms with Crippen LogP contribution >= 0.6 is 0 Å². The minimum absolute atomic E-state index is 0.898. The highest BCUT2D eigenvalue weighted by Crippen LogP contribution is 2.69. The van der Waals surface area contributed by atoms with Crippen molar-refractivity contribution in [2.24, 2.45) is 17.3 Å². The molecule has 3 atom stereocenters. The van der Waals surface area contributed by atoms with Crippen LogP contribution in [0.5, 0.6) is 0 Å². The lowest BCUT2D eigenvalue weighted by molar-refractivity contribution is 0.145. The molecule has 0 saturated heterocycles. The van der Waals surface area contributed by atoms with Crippen molar-refractivity contribution in [3.05, 3.63) is 0 Å². The zero-order chi connectivity index (χ0) is 6.48. The molecule has 0 amide bonds. The van der Waals surface area contributed by atoms with Gasteiger partial charge in [0.2, 0.25) is 0 Å². The van der Waals surface area contributed by atoms with Crippen LogP contribution in [0.2, 0.25) is 0 Å². The Morgan fingerprint density at radius 2 is 2.33 bits per heavy atom. The first-order chi connectivity index (χ1) is 4.29. The molecule has 3 unspecified atom stereocenters. The van der Waals surface area contributed by atoms with E-state index in [1.807, 2.05) is 0 Å². The van der Waals surface area contributed by atoms with E-state index in [0.717, 1.165) is 17.3 Å². The van der Waals surface area contributed by atoms with E-state index in [1.165, 1.54) is 12.8 Å². The SMILES string of the molecule is CCC1CC12CCC2C. The molecule has 52 valence electrons. The smallest absolute Gasteiger partial charge is 0.0240 e. The molecule has 0 N–H and O–H groups in total. The first-order valence-corrected chi connectivity index (χ1v) is 4.29. The molecule has 0 bridgehead atoms. The normalized spacial score (nSPS) is 55.3. The fourth-order valence-corrected chi connectivity index (χ4v) is 2.66. The highest BCUT2D eigenvalue weighted by atomic mass is 14.6. The Hall–Kier alpha value is 0. The number of rotatable bonds is 1. The van der Waals surface area contributed by atoms with Crippen molar-refractivity contribution in [1.29, 1.82) is 0 Å². The summed E-state index contributed by atoms with van der Waals surface area (Å²) in [5, 5.41) is 0. The van der Waals surface area contributed by atoms with Gasteiger partial charge in [0.1, 0.15) is 0 Å². The topological polar surface area (TPSA) is 0 Å². The van der Waals surface area contributed by atoms with Gasteiger partial charge in [-0.2, -0.15) is 0 Å². The summed E-state index contributed by atoms with van der Waals surface area (Å²) >= 11 is 0. The molecule has 9 heavy (non-hydrogen) atoms. The van der Waals surface area contributed by atoms with Gasteiger partial charge in [-0.15, -0.1) is 0 Å². The standard InChI is InChI=1S/C9H16/c1-3-8-6-9(8)5-4-7(9)2/h7-8H,3-6H2,1-2H3. The van der Waals surface area contributed by atoms with Crippen molar-refractivity contribution >= 4 is 0 Å². The van der Waals surface area contributed by atoms with Crippen LogP contribution < -0.4 is 0 Å². The van der Waals surface area contributed by atoms with Gasteiger partial charge >= 0.3 is 0 Å². The number of hydrogen-bond donors (Lipinski definition) is 0. The summed E-state index contributed by atoms with van der Waals surface area (Å²) in [6.07, 6.45) is 6.05. The molecule has 0 aromatic rings. The lowest BCUT2D eigenvalue weighted by Crippen LogP contribution is -2.26. The summed E-state index contributed by atoms with van der Waals surface area (Å²) < 4.78 is 0. The summed E-state index contributed by atoms with van der Waals surface area (Å²) in [5.74, 6) is 2.20. The zero-order valence-electron chi connectivity index (χ0n) is 6.48. The summed E-state index contributed by atoms with van der Waals surface area (Å²) in [4.78, 5) is 0. The summed E-state index contributed by atoms with van der Waals surface area (Å²) in [6.45, 7) is 4.77. The van der Waals surface area contributed by atoms with E-state index in [9.17, 15) is 0 Å². The monoisotopic (exact) mass is 124 g/mol. The van der Waals surface area contributed by atoms with Crippen LogP contribution in [0.25, 0.3) is 0 Å². The third kappa shape index (κ3) is 0.544. The molecule has 0 aromatic carbocycles. The van der Waals surface area contributed by atoms with E-state index in [2.05, 4.69) is 13.8 Å². The first-order valence-electron chi connectivity index (χ1n) is 4.29. The van der Waals surface area contributed by atoms with E-state index < -0.39 is 0 Å². The van der Waals surface area contributed by atoms with Crippen molar-refractivity contribution in [3.8, 4) is 0 Å². The minimum atomic E-state index is 0.898. The minimum Gasteiger partial charge on any atom is -0.0651 e. The van der Waals surface area contributed by atoms with E-state index in [-0.39, 0.29) is 0 Å². The molecule has 2 rings (SSSR count). The fraction of sp³-hybridized carbons (Fsp3) is 1.00. The molecule has 0 heteroatoms. The average Bonchev–Trinajstić information content (AvgIpc) is 2.61. The molecular weight excluding hydrogens is 108 g/mol. The maximum atomic E-state index is 2.43. The van der Waals surface area contributed by atoms with Crippen LogP contribution in [0.1, 0.15) is 39.5 Å². The molecule has 2 saturated carbocycles. The predicted octanol–water partition coefficient (Wildman–Crippen LogP) is 2.83. The second-order valence-corrected chi connectivity index (χ2v) is 3.98. The molecule has 2 fully saturated rings. The molecule has 2 aliphatic rings. The molecule has 1 spiro atoms. The summed E-state index contributed by atoms with van der Waals surface area (Å²) in [6, 6.07) is 0. The van der Waals surface area contributed by atoms with E-state index in [0.29, 0.717) is 0 Å². The molecule has 0 radical (unpaired) electrons. The van der Waals surface area contributed by atoms with E-state index >= 15 is 0 Å². The second-order valence-electron chi connectivity index (χ2n) is 3.98. The van der Waals surface area contributed by atoms with Crippen LogP contribution in [-0.4, -0.2) is 0 Å². The lowest BCUT2D eigenvalue weighted by atomic mass is 9.70. The largest absolute Gasteiger partial charge is 0.0651 e. The quantitative estimate of drug-likeness (QED) is 0.504. The summed E-state index contributed by atoms with van der Waals surface area (Å²) in [7, 11) is 0. The highest BCUT2D eigenvalue weighted by Gasteiger charge is 2.60. The Bertz CT molecular complexity index is 128. The van der Waals surface area contributed by atoms with Gasteiger partial charge in [0, 0.05) is 0 Å². The van der Waals surface area contributed by atoms with Crippen molar-refractivity contribution < 1.29 is 0 Å². The first kappa shape index (κ1) is 5.76. The molecular formula is C9H16. The molecule has 0 heterocycles. The molecule has 0 nitrogen and oxygen atoms in total. The molecule has 0 aromatic heterocycles. The molecule has 2 aliphatic carbocycles. The Morgan fingerprint density at radius 1 is 1.56 bits per heavy atom. The Kier molecular flexibility index (Phi) is 0.980. The fourth-order valence-electron chi connectivity index (χ4n) is 2.66. The van der Waals surface area contributed by atoms with Crippen LogP contribution in [-0.2, 0) is 0 Å². The van der Waals surface area contributed by atoms with Gasteiger partial charge in [-0.3, -0.25) is 0 Å².